The van der Waals surface area contributed by atoms with Crippen molar-refractivity contribution in [1.29, 1.82) is 0 Å². The molecule has 19 heavy (non-hydrogen) atoms. The van der Waals surface area contributed by atoms with Crippen LogP contribution in [-0.4, -0.2) is 36.5 Å². The highest BCUT2D eigenvalue weighted by Crippen LogP contribution is 2.24. The van der Waals surface area contributed by atoms with Gasteiger partial charge >= 0.3 is 0 Å². The molecule has 0 aliphatic carbocycles. The van der Waals surface area contributed by atoms with Gasteiger partial charge in [0.2, 0.25) is 5.91 Å². The van der Waals surface area contributed by atoms with E-state index in [1.165, 1.54) is 10.4 Å². The second-order valence-corrected chi connectivity index (χ2v) is 5.78. The number of amides is 1. The first-order chi connectivity index (χ1) is 8.70. The number of carbonyl (C=O) groups excluding carboxylic acids is 1. The number of nitrogens with one attached hydrogen (secondary N) is 1. The van der Waals surface area contributed by atoms with Gasteiger partial charge in [-0.05, 0) is 30.4 Å². The predicted molar refractivity (Wildman–Crippen MR) is 81.8 cm³/mol. The molecule has 1 aromatic heterocycles. The lowest BCUT2D eigenvalue weighted by Crippen LogP contribution is -2.44. The summed E-state index contributed by atoms with van der Waals surface area (Å²) in [5.41, 5.74) is 6.80. The number of halogens is 1. The minimum Gasteiger partial charge on any atom is -0.355 e. The van der Waals surface area contributed by atoms with Gasteiger partial charge in [0, 0.05) is 43.5 Å². The van der Waals surface area contributed by atoms with Crippen LogP contribution in [0.5, 0.6) is 0 Å². The summed E-state index contributed by atoms with van der Waals surface area (Å²) in [6, 6.07) is 2.59. The summed E-state index contributed by atoms with van der Waals surface area (Å²) in [7, 11) is 0. The topological polar surface area (TPSA) is 58.4 Å². The van der Waals surface area contributed by atoms with Gasteiger partial charge in [-0.15, -0.1) is 23.7 Å². The summed E-state index contributed by atoms with van der Waals surface area (Å²) in [5, 5.41) is 5.11. The molecule has 1 aromatic rings. The Kier molecular flexibility index (Phi) is 6.79. The van der Waals surface area contributed by atoms with Crippen LogP contribution >= 0.6 is 23.7 Å². The zero-order chi connectivity index (χ0) is 13.0. The van der Waals surface area contributed by atoms with Gasteiger partial charge in [-0.3, -0.25) is 9.69 Å². The summed E-state index contributed by atoms with van der Waals surface area (Å²) < 4.78 is 0. The van der Waals surface area contributed by atoms with Gasteiger partial charge in [0.15, 0.2) is 0 Å². The van der Waals surface area contributed by atoms with Crippen LogP contribution < -0.4 is 11.1 Å². The summed E-state index contributed by atoms with van der Waals surface area (Å²) in [4.78, 5) is 15.3. The zero-order valence-electron chi connectivity index (χ0n) is 11.2. The van der Waals surface area contributed by atoms with Crippen LogP contribution in [0.1, 0.15) is 23.8 Å². The molecule has 0 spiro atoms. The van der Waals surface area contributed by atoms with E-state index in [2.05, 4.69) is 28.6 Å². The van der Waals surface area contributed by atoms with E-state index in [1.807, 2.05) is 11.3 Å². The maximum absolute atomic E-state index is 11.4. The van der Waals surface area contributed by atoms with Crippen molar-refractivity contribution in [1.82, 2.24) is 10.2 Å². The smallest absolute Gasteiger partial charge is 0.221 e. The van der Waals surface area contributed by atoms with Crippen molar-refractivity contribution in [2.24, 2.45) is 5.73 Å². The minimum absolute atomic E-state index is 0. The summed E-state index contributed by atoms with van der Waals surface area (Å²) >= 11 is 1.85. The molecule has 1 amide bonds. The highest BCUT2D eigenvalue weighted by atomic mass is 35.5. The maximum Gasteiger partial charge on any atom is 0.221 e. The lowest BCUT2D eigenvalue weighted by Gasteiger charge is -2.32. The Morgan fingerprint density at radius 3 is 3.16 bits per heavy atom. The lowest BCUT2D eigenvalue weighted by atomic mass is 10.1. The molecule has 0 radical (unpaired) electrons. The molecule has 1 atom stereocenters. The average Bonchev–Trinajstić information content (AvgIpc) is 2.83. The Bertz CT molecular complexity index is 410. The quantitative estimate of drug-likeness (QED) is 0.864. The van der Waals surface area contributed by atoms with E-state index in [0.29, 0.717) is 25.6 Å². The van der Waals surface area contributed by atoms with E-state index in [-0.39, 0.29) is 18.3 Å². The third-order valence-electron chi connectivity index (χ3n) is 3.43. The maximum atomic E-state index is 11.4. The standard InChI is InChI=1S/C13H21N3OS.ClH/c1-10(8-15-13(17)2-5-14)16-6-3-12-11(9-16)4-7-18-12;/h4,7,10H,2-3,5-6,8-9,14H2,1H3,(H,15,17);1H. The van der Waals surface area contributed by atoms with Gasteiger partial charge in [-0.1, -0.05) is 0 Å². The Morgan fingerprint density at radius 2 is 2.42 bits per heavy atom. The molecule has 0 saturated heterocycles. The highest BCUT2D eigenvalue weighted by molar-refractivity contribution is 7.10. The number of carbonyl (C=O) groups is 1. The molecule has 0 bridgehead atoms. The molecule has 2 rings (SSSR count). The fourth-order valence-corrected chi connectivity index (χ4v) is 3.15. The van der Waals surface area contributed by atoms with E-state index in [1.54, 1.807) is 0 Å². The van der Waals surface area contributed by atoms with Crippen molar-refractivity contribution in [3.63, 3.8) is 0 Å². The summed E-state index contributed by atoms with van der Waals surface area (Å²) in [6.45, 7) is 5.38. The van der Waals surface area contributed by atoms with Crippen molar-refractivity contribution < 1.29 is 4.79 Å². The van der Waals surface area contributed by atoms with Crippen LogP contribution in [0.2, 0.25) is 0 Å². The van der Waals surface area contributed by atoms with E-state index in [9.17, 15) is 4.79 Å². The van der Waals surface area contributed by atoms with Gasteiger partial charge in [0.05, 0.1) is 0 Å². The van der Waals surface area contributed by atoms with Gasteiger partial charge < -0.3 is 11.1 Å². The molecule has 108 valence electrons. The van der Waals surface area contributed by atoms with Crippen LogP contribution in [-0.2, 0) is 17.8 Å². The number of hydrogen-bond acceptors (Lipinski definition) is 4. The van der Waals surface area contributed by atoms with Crippen LogP contribution in [0, 0.1) is 0 Å². The predicted octanol–water partition coefficient (Wildman–Crippen LogP) is 1.38. The number of nitrogens with zero attached hydrogens (tertiary/aromatic N) is 1. The van der Waals surface area contributed by atoms with Gasteiger partial charge in [0.25, 0.3) is 0 Å². The SMILES string of the molecule is CC(CNC(=O)CCN)N1CCc2sccc2C1.Cl. The number of hydrogen-bond donors (Lipinski definition) is 2. The molecular formula is C13H22ClN3OS. The van der Waals surface area contributed by atoms with Crippen molar-refractivity contribution in [3.05, 3.63) is 21.9 Å². The zero-order valence-corrected chi connectivity index (χ0v) is 12.9. The third-order valence-corrected chi connectivity index (χ3v) is 4.45. The first kappa shape index (κ1) is 16.4. The second kappa shape index (κ2) is 7.85. The van der Waals surface area contributed by atoms with E-state index in [4.69, 9.17) is 5.73 Å². The third kappa shape index (κ3) is 4.45. The molecule has 0 fully saturated rings. The average molecular weight is 304 g/mol. The van der Waals surface area contributed by atoms with Crippen molar-refractivity contribution in [3.8, 4) is 0 Å². The van der Waals surface area contributed by atoms with Crippen LogP contribution in [0.3, 0.4) is 0 Å². The normalized spacial score (nSPS) is 16.3. The van der Waals surface area contributed by atoms with Crippen molar-refractivity contribution in [2.75, 3.05) is 19.6 Å². The Balaban J connectivity index is 0.00000180. The van der Waals surface area contributed by atoms with Crippen LogP contribution in [0.15, 0.2) is 11.4 Å². The van der Waals surface area contributed by atoms with E-state index < -0.39 is 0 Å². The van der Waals surface area contributed by atoms with Crippen molar-refractivity contribution >= 4 is 29.7 Å². The molecule has 0 aromatic carbocycles. The van der Waals surface area contributed by atoms with Gasteiger partial charge in [-0.25, -0.2) is 0 Å². The van der Waals surface area contributed by atoms with E-state index in [0.717, 1.165) is 19.5 Å². The Hall–Kier alpha value is -0.620. The largest absolute Gasteiger partial charge is 0.355 e. The lowest BCUT2D eigenvalue weighted by molar-refractivity contribution is -0.121. The molecular weight excluding hydrogens is 282 g/mol. The monoisotopic (exact) mass is 303 g/mol. The number of nitrogens with two attached hydrogens (primary N) is 1. The number of rotatable bonds is 5. The van der Waals surface area contributed by atoms with E-state index >= 15 is 0 Å². The first-order valence-electron chi connectivity index (χ1n) is 6.46. The summed E-state index contributed by atoms with van der Waals surface area (Å²) in [6.07, 6.45) is 1.55. The van der Waals surface area contributed by atoms with Gasteiger partial charge in [-0.2, -0.15) is 0 Å². The van der Waals surface area contributed by atoms with Gasteiger partial charge in [0.1, 0.15) is 0 Å². The Morgan fingerprint density at radius 1 is 1.63 bits per heavy atom. The number of fused-ring (bicyclic) bond motifs is 1. The summed E-state index contributed by atoms with van der Waals surface area (Å²) in [5.74, 6) is 0.0533. The molecule has 4 nitrogen and oxygen atoms in total. The fourth-order valence-electron chi connectivity index (χ4n) is 2.26. The molecule has 6 heteroatoms. The number of thiophene rings is 1. The molecule has 1 aliphatic rings. The molecule has 1 unspecified atom stereocenters. The second-order valence-electron chi connectivity index (χ2n) is 4.78. The van der Waals surface area contributed by atoms with Crippen molar-refractivity contribution in [2.45, 2.75) is 32.4 Å². The highest BCUT2D eigenvalue weighted by Gasteiger charge is 2.21. The molecule has 0 saturated carbocycles. The molecule has 3 N–H and O–H groups in total. The molecule has 2 heterocycles. The Labute approximate surface area is 124 Å². The van der Waals surface area contributed by atoms with Crippen LogP contribution in [0.4, 0.5) is 0 Å². The first-order valence-corrected chi connectivity index (χ1v) is 7.34. The fraction of sp³-hybridized carbons (Fsp3) is 0.615. The molecule has 1 aliphatic heterocycles. The van der Waals surface area contributed by atoms with Crippen LogP contribution in [0.25, 0.3) is 0 Å². The minimum atomic E-state index is 0.